The fourth-order valence-corrected chi connectivity index (χ4v) is 2.68. The van der Waals surface area contributed by atoms with E-state index in [0.717, 1.165) is 10.9 Å². The van der Waals surface area contributed by atoms with Crippen LogP contribution in [0.1, 0.15) is 15.9 Å². The van der Waals surface area contributed by atoms with Gasteiger partial charge in [0.25, 0.3) is 5.91 Å². The van der Waals surface area contributed by atoms with Gasteiger partial charge in [-0.1, -0.05) is 41.9 Å². The van der Waals surface area contributed by atoms with Gasteiger partial charge < -0.3 is 10.4 Å². The van der Waals surface area contributed by atoms with Crippen LogP contribution in [0.3, 0.4) is 0 Å². The van der Waals surface area contributed by atoms with Crippen LogP contribution in [-0.2, 0) is 0 Å². The average molecular weight is 312 g/mol. The first-order valence-electron chi connectivity index (χ1n) is 6.84. The van der Waals surface area contributed by atoms with Gasteiger partial charge in [-0.25, -0.2) is 0 Å². The van der Waals surface area contributed by atoms with Gasteiger partial charge in [0, 0.05) is 10.7 Å². The molecule has 0 radical (unpaired) electrons. The van der Waals surface area contributed by atoms with E-state index in [4.69, 9.17) is 11.6 Å². The van der Waals surface area contributed by atoms with E-state index in [1.54, 1.807) is 24.3 Å². The number of carbonyl (C=O) groups is 1. The van der Waals surface area contributed by atoms with Crippen molar-refractivity contribution in [3.05, 3.63) is 70.7 Å². The van der Waals surface area contributed by atoms with Crippen molar-refractivity contribution in [1.82, 2.24) is 0 Å². The maximum absolute atomic E-state index is 12.6. The highest BCUT2D eigenvalue weighted by molar-refractivity contribution is 6.30. The maximum atomic E-state index is 12.6. The third-order valence-electron chi connectivity index (χ3n) is 3.57. The molecule has 0 saturated heterocycles. The number of nitrogens with one attached hydrogen (secondary N) is 1. The van der Waals surface area contributed by atoms with Gasteiger partial charge in [0.15, 0.2) is 0 Å². The summed E-state index contributed by atoms with van der Waals surface area (Å²) >= 11 is 5.92. The van der Waals surface area contributed by atoms with Gasteiger partial charge in [-0.15, -0.1) is 0 Å². The number of fused-ring (bicyclic) bond motifs is 1. The minimum absolute atomic E-state index is 0.0391. The lowest BCUT2D eigenvalue weighted by Gasteiger charge is -2.12. The van der Waals surface area contributed by atoms with E-state index in [2.05, 4.69) is 5.32 Å². The molecule has 0 aromatic heterocycles. The monoisotopic (exact) mass is 311 g/mol. The number of amides is 1. The molecule has 2 N–H and O–H groups in total. The molecule has 0 spiro atoms. The number of aryl methyl sites for hydroxylation is 1. The number of rotatable bonds is 2. The normalized spacial score (nSPS) is 10.6. The molecule has 0 atom stereocenters. The van der Waals surface area contributed by atoms with Crippen LogP contribution in [0.2, 0.25) is 5.02 Å². The van der Waals surface area contributed by atoms with Gasteiger partial charge in [-0.05, 0) is 47.5 Å². The van der Waals surface area contributed by atoms with Crippen molar-refractivity contribution in [2.75, 3.05) is 5.32 Å². The van der Waals surface area contributed by atoms with Gasteiger partial charge in [-0.2, -0.15) is 0 Å². The fraction of sp³-hybridized carbons (Fsp3) is 0.0556. The lowest BCUT2D eigenvalue weighted by atomic mass is 10.0. The van der Waals surface area contributed by atoms with Gasteiger partial charge in [0.05, 0.1) is 5.56 Å². The van der Waals surface area contributed by atoms with Crippen LogP contribution in [0, 0.1) is 6.92 Å². The Bertz CT molecular complexity index is 874. The van der Waals surface area contributed by atoms with Gasteiger partial charge in [0.1, 0.15) is 5.75 Å². The Morgan fingerprint density at radius 2 is 1.86 bits per heavy atom. The molecule has 4 heteroatoms. The first-order valence-corrected chi connectivity index (χ1v) is 7.22. The van der Waals surface area contributed by atoms with E-state index in [9.17, 15) is 9.90 Å². The summed E-state index contributed by atoms with van der Waals surface area (Å²) in [7, 11) is 0. The smallest absolute Gasteiger partial charge is 0.260 e. The number of hydrogen-bond acceptors (Lipinski definition) is 2. The largest absolute Gasteiger partial charge is 0.507 e. The van der Waals surface area contributed by atoms with Crippen molar-refractivity contribution in [3.63, 3.8) is 0 Å². The predicted molar refractivity (Wildman–Crippen MR) is 89.8 cm³/mol. The number of phenolic OH excluding ortho intramolecular Hbond substituents is 1. The number of carbonyl (C=O) groups excluding carboxylic acids is 1. The molecule has 0 fully saturated rings. The van der Waals surface area contributed by atoms with Crippen LogP contribution in [0.25, 0.3) is 10.8 Å². The zero-order chi connectivity index (χ0) is 15.7. The molecule has 0 heterocycles. The van der Waals surface area contributed by atoms with Crippen LogP contribution >= 0.6 is 11.6 Å². The summed E-state index contributed by atoms with van der Waals surface area (Å²) in [4.78, 5) is 12.6. The standard InChI is InChI=1S/C18H14ClNO2/c1-11-10-13(19)7-8-15(11)20-18(22)17-14-5-3-2-4-12(14)6-9-16(17)21/h2-10,21H,1H3,(H,20,22). The second-order valence-corrected chi connectivity index (χ2v) is 5.53. The van der Waals surface area contributed by atoms with Crippen LogP contribution < -0.4 is 5.32 Å². The molecule has 0 aliphatic carbocycles. The highest BCUT2D eigenvalue weighted by atomic mass is 35.5. The molecule has 0 bridgehead atoms. The molecule has 3 rings (SSSR count). The highest BCUT2D eigenvalue weighted by Crippen LogP contribution is 2.28. The minimum Gasteiger partial charge on any atom is -0.507 e. The Morgan fingerprint density at radius 3 is 2.64 bits per heavy atom. The van der Waals surface area contributed by atoms with E-state index >= 15 is 0 Å². The molecule has 0 saturated carbocycles. The van der Waals surface area contributed by atoms with E-state index in [0.29, 0.717) is 16.1 Å². The second-order valence-electron chi connectivity index (χ2n) is 5.09. The number of halogens is 1. The summed E-state index contributed by atoms with van der Waals surface area (Å²) in [6.45, 7) is 1.87. The Kier molecular flexibility index (Phi) is 3.73. The molecule has 110 valence electrons. The second kappa shape index (κ2) is 5.70. The predicted octanol–water partition coefficient (Wildman–Crippen LogP) is 4.76. The zero-order valence-corrected chi connectivity index (χ0v) is 12.7. The number of anilines is 1. The van der Waals surface area contributed by atoms with Crippen molar-refractivity contribution >= 4 is 34.0 Å². The van der Waals surface area contributed by atoms with Crippen molar-refractivity contribution in [2.45, 2.75) is 6.92 Å². The zero-order valence-electron chi connectivity index (χ0n) is 11.9. The molecule has 3 aromatic rings. The molecule has 0 unspecified atom stereocenters. The molecule has 22 heavy (non-hydrogen) atoms. The van der Waals surface area contributed by atoms with Crippen molar-refractivity contribution in [1.29, 1.82) is 0 Å². The van der Waals surface area contributed by atoms with E-state index in [1.807, 2.05) is 31.2 Å². The van der Waals surface area contributed by atoms with Crippen molar-refractivity contribution in [3.8, 4) is 5.75 Å². The molecule has 0 aliphatic heterocycles. The maximum Gasteiger partial charge on any atom is 0.260 e. The first-order chi connectivity index (χ1) is 10.6. The summed E-state index contributed by atoms with van der Waals surface area (Å²) in [5, 5.41) is 15.1. The Morgan fingerprint density at radius 1 is 1.09 bits per heavy atom. The molecule has 3 aromatic carbocycles. The molecular weight excluding hydrogens is 298 g/mol. The Balaban J connectivity index is 2.04. The van der Waals surface area contributed by atoms with Crippen LogP contribution in [0.4, 0.5) is 5.69 Å². The van der Waals surface area contributed by atoms with Gasteiger partial charge in [0.2, 0.25) is 0 Å². The van der Waals surface area contributed by atoms with Crippen LogP contribution in [0.5, 0.6) is 5.75 Å². The molecule has 1 amide bonds. The topological polar surface area (TPSA) is 49.3 Å². The Labute approximate surface area is 133 Å². The van der Waals surface area contributed by atoms with Gasteiger partial charge >= 0.3 is 0 Å². The third-order valence-corrected chi connectivity index (χ3v) is 3.81. The van der Waals surface area contributed by atoms with E-state index < -0.39 is 0 Å². The number of benzene rings is 3. The number of hydrogen-bond donors (Lipinski definition) is 2. The fourth-order valence-electron chi connectivity index (χ4n) is 2.45. The van der Waals surface area contributed by atoms with E-state index in [1.165, 1.54) is 6.07 Å². The lowest BCUT2D eigenvalue weighted by Crippen LogP contribution is -2.13. The Hall–Kier alpha value is -2.52. The quantitative estimate of drug-likeness (QED) is 0.717. The summed E-state index contributed by atoms with van der Waals surface area (Å²) in [5.41, 5.74) is 1.80. The van der Waals surface area contributed by atoms with Crippen molar-refractivity contribution in [2.24, 2.45) is 0 Å². The summed E-state index contributed by atoms with van der Waals surface area (Å²) in [6.07, 6.45) is 0. The molecule has 0 aliphatic rings. The number of phenols is 1. The van der Waals surface area contributed by atoms with E-state index in [-0.39, 0.29) is 17.2 Å². The third kappa shape index (κ3) is 2.63. The van der Waals surface area contributed by atoms with Crippen LogP contribution in [-0.4, -0.2) is 11.0 Å². The summed E-state index contributed by atoms with van der Waals surface area (Å²) in [6, 6.07) is 16.0. The van der Waals surface area contributed by atoms with Crippen LogP contribution in [0.15, 0.2) is 54.6 Å². The molecular formula is C18H14ClNO2. The van der Waals surface area contributed by atoms with Crippen molar-refractivity contribution < 1.29 is 9.90 Å². The summed E-state index contributed by atoms with van der Waals surface area (Å²) < 4.78 is 0. The SMILES string of the molecule is Cc1cc(Cl)ccc1NC(=O)c1c(O)ccc2ccccc12. The van der Waals surface area contributed by atoms with Gasteiger partial charge in [-0.3, -0.25) is 4.79 Å². The summed E-state index contributed by atoms with van der Waals surface area (Å²) in [5.74, 6) is -0.387. The highest BCUT2D eigenvalue weighted by Gasteiger charge is 2.16. The number of aromatic hydroxyl groups is 1. The minimum atomic E-state index is -0.347. The lowest BCUT2D eigenvalue weighted by molar-refractivity contribution is 0.102. The average Bonchev–Trinajstić information content (AvgIpc) is 2.50. The first kappa shape index (κ1) is 14.4. The molecule has 3 nitrogen and oxygen atoms in total.